The molecule has 0 bridgehead atoms. The van der Waals surface area contributed by atoms with E-state index in [0.717, 1.165) is 48.3 Å². The largest absolute Gasteiger partial charge is 0.492 e. The number of hydrogen-bond acceptors (Lipinski definition) is 4. The summed E-state index contributed by atoms with van der Waals surface area (Å²) in [4.78, 5) is 4.59. The van der Waals surface area contributed by atoms with Gasteiger partial charge in [-0.05, 0) is 68.0 Å². The maximum Gasteiger partial charge on any atom is 0.124 e. The van der Waals surface area contributed by atoms with Crippen molar-refractivity contribution in [2.24, 2.45) is 5.92 Å². The highest BCUT2D eigenvalue weighted by molar-refractivity contribution is 5.84. The van der Waals surface area contributed by atoms with Crippen molar-refractivity contribution in [1.82, 2.24) is 20.0 Å². The fourth-order valence-corrected chi connectivity index (χ4v) is 6.11. The second-order valence-electron chi connectivity index (χ2n) is 11.0. The second-order valence-corrected chi connectivity index (χ2v) is 11.0. The van der Waals surface area contributed by atoms with Crippen molar-refractivity contribution in [3.05, 3.63) is 59.3 Å². The first-order valence-corrected chi connectivity index (χ1v) is 12.8. The topological polar surface area (TPSA) is 44.4 Å². The van der Waals surface area contributed by atoms with Crippen molar-refractivity contribution >= 4 is 10.9 Å². The summed E-state index contributed by atoms with van der Waals surface area (Å²) >= 11 is 0. The Morgan fingerprint density at radius 2 is 1.91 bits per heavy atom. The summed E-state index contributed by atoms with van der Waals surface area (Å²) in [5.74, 6) is 1.02. The number of fused-ring (bicyclic) bond motifs is 3. The lowest BCUT2D eigenvalue weighted by Gasteiger charge is -2.51. The molecule has 3 aliphatic rings. The quantitative estimate of drug-likeness (QED) is 0.500. The van der Waals surface area contributed by atoms with Crippen LogP contribution in [0.3, 0.4) is 0 Å². The van der Waals surface area contributed by atoms with Gasteiger partial charge in [-0.25, -0.2) is 4.39 Å². The first-order chi connectivity index (χ1) is 16.9. The van der Waals surface area contributed by atoms with Crippen LogP contribution in [0.25, 0.3) is 10.9 Å². The van der Waals surface area contributed by atoms with E-state index in [2.05, 4.69) is 58.1 Å². The van der Waals surface area contributed by atoms with Crippen LogP contribution < -0.4 is 4.74 Å². The number of H-pyrrole nitrogens is 1. The average Bonchev–Trinajstić information content (AvgIpc) is 3.35. The molecule has 186 valence electrons. The molecule has 7 heteroatoms. The van der Waals surface area contributed by atoms with Crippen LogP contribution in [-0.4, -0.2) is 71.2 Å². The van der Waals surface area contributed by atoms with Crippen LogP contribution in [0.4, 0.5) is 8.78 Å². The monoisotopic (exact) mass is 480 g/mol. The van der Waals surface area contributed by atoms with Gasteiger partial charge in [-0.2, -0.15) is 5.10 Å². The summed E-state index contributed by atoms with van der Waals surface area (Å²) in [6.45, 7) is 7.72. The van der Waals surface area contributed by atoms with E-state index in [0.29, 0.717) is 26.0 Å². The fourth-order valence-electron chi connectivity index (χ4n) is 6.11. The predicted molar refractivity (Wildman–Crippen MR) is 133 cm³/mol. The van der Waals surface area contributed by atoms with Crippen LogP contribution in [0.2, 0.25) is 0 Å². The Morgan fingerprint density at radius 1 is 1.14 bits per heavy atom. The second kappa shape index (κ2) is 8.56. The van der Waals surface area contributed by atoms with E-state index in [9.17, 15) is 4.39 Å². The Kier molecular flexibility index (Phi) is 5.60. The molecule has 35 heavy (non-hydrogen) atoms. The molecule has 1 saturated heterocycles. The third-order valence-corrected chi connectivity index (χ3v) is 8.46. The highest BCUT2D eigenvalue weighted by Gasteiger charge is 2.51. The van der Waals surface area contributed by atoms with Crippen LogP contribution in [0.15, 0.2) is 42.6 Å². The number of nitrogens with one attached hydrogen (secondary N) is 1. The number of alkyl halides is 2. The van der Waals surface area contributed by atoms with Gasteiger partial charge in [0.25, 0.3) is 0 Å². The van der Waals surface area contributed by atoms with Gasteiger partial charge in [0.15, 0.2) is 0 Å². The lowest BCUT2D eigenvalue weighted by molar-refractivity contribution is 0.0417. The molecule has 0 radical (unpaired) electrons. The SMILES string of the molecule is C[C@@H]1Cc2c(ccc3[nH]ncc23)[C@@](C)(c2ccc(OCCN3CC(CF)C3)cc2)N1CC1(F)CC1. The van der Waals surface area contributed by atoms with Crippen molar-refractivity contribution in [1.29, 1.82) is 0 Å². The zero-order chi connectivity index (χ0) is 24.2. The van der Waals surface area contributed by atoms with Gasteiger partial charge in [0.05, 0.1) is 23.9 Å². The normalized spacial score (nSPS) is 26.5. The zero-order valence-electron chi connectivity index (χ0n) is 20.6. The number of rotatable bonds is 8. The van der Waals surface area contributed by atoms with Crippen molar-refractivity contribution < 1.29 is 13.5 Å². The lowest BCUT2D eigenvalue weighted by Crippen LogP contribution is -2.56. The Labute approximate surface area is 205 Å². The maximum absolute atomic E-state index is 15.1. The Balaban J connectivity index is 1.28. The van der Waals surface area contributed by atoms with Crippen molar-refractivity contribution in [3.63, 3.8) is 0 Å². The molecule has 1 aromatic heterocycles. The third-order valence-electron chi connectivity index (χ3n) is 8.46. The Morgan fingerprint density at radius 3 is 2.63 bits per heavy atom. The molecular formula is C28H34F2N4O. The van der Waals surface area contributed by atoms with Crippen LogP contribution in [-0.2, 0) is 12.0 Å². The molecule has 1 N–H and O–H groups in total. The molecule has 2 fully saturated rings. The molecule has 1 aliphatic carbocycles. The van der Waals surface area contributed by atoms with E-state index in [-0.39, 0.29) is 18.6 Å². The third kappa shape index (κ3) is 4.02. The summed E-state index contributed by atoms with van der Waals surface area (Å²) in [6, 6.07) is 12.8. The number of aromatic amines is 1. The first-order valence-electron chi connectivity index (χ1n) is 12.8. The minimum Gasteiger partial charge on any atom is -0.492 e. The van der Waals surface area contributed by atoms with Gasteiger partial charge >= 0.3 is 0 Å². The Hall–Kier alpha value is -2.51. The van der Waals surface area contributed by atoms with Crippen molar-refractivity contribution in [2.45, 2.75) is 50.4 Å². The molecule has 0 spiro atoms. The van der Waals surface area contributed by atoms with Gasteiger partial charge in [-0.1, -0.05) is 18.2 Å². The molecule has 0 amide bonds. The minimum absolute atomic E-state index is 0.195. The van der Waals surface area contributed by atoms with Gasteiger partial charge in [-0.3, -0.25) is 19.3 Å². The summed E-state index contributed by atoms with van der Waals surface area (Å²) in [7, 11) is 0. The van der Waals surface area contributed by atoms with Gasteiger partial charge in [-0.15, -0.1) is 0 Å². The van der Waals surface area contributed by atoms with Crippen LogP contribution >= 0.6 is 0 Å². The molecule has 0 unspecified atom stereocenters. The van der Waals surface area contributed by atoms with Crippen molar-refractivity contribution in [2.75, 3.05) is 39.5 Å². The molecule has 1 saturated carbocycles. The number of halogens is 2. The number of benzene rings is 2. The molecule has 2 atom stereocenters. The number of hydrogen-bond donors (Lipinski definition) is 1. The molecule has 5 nitrogen and oxygen atoms in total. The minimum atomic E-state index is -1.08. The molecular weight excluding hydrogens is 446 g/mol. The highest BCUT2D eigenvalue weighted by Crippen LogP contribution is 2.49. The van der Waals surface area contributed by atoms with E-state index >= 15 is 4.39 Å². The number of likely N-dealkylation sites (tertiary alicyclic amines) is 1. The number of ether oxygens (including phenoxy) is 1. The van der Waals surface area contributed by atoms with E-state index in [4.69, 9.17) is 4.74 Å². The summed E-state index contributed by atoms with van der Waals surface area (Å²) in [5, 5.41) is 8.53. The average molecular weight is 481 g/mol. The summed E-state index contributed by atoms with van der Waals surface area (Å²) in [6.07, 6.45) is 4.09. The van der Waals surface area contributed by atoms with Crippen LogP contribution in [0.5, 0.6) is 5.75 Å². The Bertz CT molecular complexity index is 1200. The maximum atomic E-state index is 15.1. The van der Waals surface area contributed by atoms with Gasteiger partial charge in [0.2, 0.25) is 0 Å². The van der Waals surface area contributed by atoms with E-state index < -0.39 is 11.2 Å². The van der Waals surface area contributed by atoms with E-state index in [1.807, 2.05) is 18.3 Å². The molecule has 6 rings (SSSR count). The van der Waals surface area contributed by atoms with E-state index in [1.54, 1.807) is 0 Å². The van der Waals surface area contributed by atoms with Crippen LogP contribution in [0.1, 0.15) is 43.4 Å². The lowest BCUT2D eigenvalue weighted by atomic mass is 9.74. The number of nitrogens with zero attached hydrogens (tertiary/aromatic N) is 3. The summed E-state index contributed by atoms with van der Waals surface area (Å²) in [5.41, 5.74) is 3.17. The van der Waals surface area contributed by atoms with Gasteiger partial charge in [0, 0.05) is 43.5 Å². The molecule has 2 aromatic carbocycles. The first kappa shape index (κ1) is 22.9. The predicted octanol–water partition coefficient (Wildman–Crippen LogP) is 4.86. The standard InChI is InChI=1S/C28H34F2N4O/c1-19-13-23-24-15-31-32-26(24)8-7-25(23)27(2,34(19)18-28(30)9-10-28)21-3-5-22(6-4-21)35-12-11-33-16-20(14-29)17-33/h3-8,15,19-20H,9-14,16-18H2,1-2H3,(H,31,32)/t19-,27-/m1/s1. The van der Waals surface area contributed by atoms with Gasteiger partial charge in [0.1, 0.15) is 18.0 Å². The molecule has 3 heterocycles. The molecule has 3 aromatic rings. The smallest absolute Gasteiger partial charge is 0.124 e. The molecule has 2 aliphatic heterocycles. The van der Waals surface area contributed by atoms with Gasteiger partial charge < -0.3 is 4.74 Å². The zero-order valence-corrected chi connectivity index (χ0v) is 20.6. The van der Waals surface area contributed by atoms with Crippen molar-refractivity contribution in [3.8, 4) is 5.75 Å². The van der Waals surface area contributed by atoms with E-state index in [1.165, 1.54) is 11.1 Å². The number of aromatic nitrogens is 2. The highest BCUT2D eigenvalue weighted by atomic mass is 19.1. The fraction of sp³-hybridized carbons (Fsp3) is 0.536. The van der Waals surface area contributed by atoms with Crippen LogP contribution in [0, 0.1) is 5.92 Å². The summed E-state index contributed by atoms with van der Waals surface area (Å²) < 4.78 is 33.8.